The van der Waals surface area contributed by atoms with Crippen LogP contribution >= 0.6 is 0 Å². The van der Waals surface area contributed by atoms with Gasteiger partial charge in [-0.1, -0.05) is 17.7 Å². The van der Waals surface area contributed by atoms with Crippen molar-refractivity contribution < 1.29 is 0 Å². The molecule has 1 aliphatic rings. The number of hydrogen-bond donors (Lipinski definition) is 1. The standard InChI is InChI=1S/C10H17N/c1-2-10(11)8-7-9-5-3-4-6-9/h2,7,10H,1,3-6,8,11H2. The molecule has 62 valence electrons. The van der Waals surface area contributed by atoms with Crippen LogP contribution in [0.1, 0.15) is 32.1 Å². The first kappa shape index (κ1) is 8.54. The Kier molecular flexibility index (Phi) is 3.37. The largest absolute Gasteiger partial charge is 0.324 e. The molecule has 1 fully saturated rings. The number of nitrogens with two attached hydrogens (primary N) is 1. The summed E-state index contributed by atoms with van der Waals surface area (Å²) in [5.41, 5.74) is 7.29. The van der Waals surface area contributed by atoms with Gasteiger partial charge in [-0.25, -0.2) is 0 Å². The lowest BCUT2D eigenvalue weighted by molar-refractivity contribution is 0.826. The summed E-state index contributed by atoms with van der Waals surface area (Å²) in [6, 6.07) is 0.156. The maximum atomic E-state index is 5.69. The molecule has 0 radical (unpaired) electrons. The third kappa shape index (κ3) is 2.89. The third-order valence-electron chi connectivity index (χ3n) is 2.23. The molecule has 0 spiro atoms. The SMILES string of the molecule is C=CC(N)CC=C1CCCC1. The van der Waals surface area contributed by atoms with E-state index in [1.54, 1.807) is 5.57 Å². The van der Waals surface area contributed by atoms with Gasteiger partial charge in [-0.05, 0) is 32.1 Å². The second-order valence-electron chi connectivity index (χ2n) is 3.20. The van der Waals surface area contributed by atoms with Crippen molar-refractivity contribution in [3.63, 3.8) is 0 Å². The lowest BCUT2D eigenvalue weighted by Crippen LogP contribution is -2.14. The number of rotatable bonds is 3. The van der Waals surface area contributed by atoms with Crippen molar-refractivity contribution in [3.8, 4) is 0 Å². The average molecular weight is 151 g/mol. The molecule has 1 atom stereocenters. The zero-order chi connectivity index (χ0) is 8.10. The maximum absolute atomic E-state index is 5.69. The molecule has 11 heavy (non-hydrogen) atoms. The van der Waals surface area contributed by atoms with E-state index in [9.17, 15) is 0 Å². The van der Waals surface area contributed by atoms with E-state index in [-0.39, 0.29) is 6.04 Å². The Morgan fingerprint density at radius 1 is 1.45 bits per heavy atom. The summed E-state index contributed by atoms with van der Waals surface area (Å²) in [5, 5.41) is 0. The fourth-order valence-electron chi connectivity index (χ4n) is 1.43. The minimum Gasteiger partial charge on any atom is -0.324 e. The zero-order valence-corrected chi connectivity index (χ0v) is 7.05. The second kappa shape index (κ2) is 4.35. The van der Waals surface area contributed by atoms with Gasteiger partial charge in [-0.15, -0.1) is 6.58 Å². The summed E-state index contributed by atoms with van der Waals surface area (Å²) in [7, 11) is 0. The summed E-state index contributed by atoms with van der Waals surface area (Å²) in [6.07, 6.45) is 10.4. The molecule has 1 unspecified atom stereocenters. The normalized spacial score (nSPS) is 19.9. The van der Waals surface area contributed by atoms with E-state index in [4.69, 9.17) is 5.73 Å². The molecule has 1 aliphatic carbocycles. The van der Waals surface area contributed by atoms with E-state index in [0.29, 0.717) is 0 Å². The molecule has 2 N–H and O–H groups in total. The Labute approximate surface area is 69.0 Å². The summed E-state index contributed by atoms with van der Waals surface area (Å²) in [4.78, 5) is 0. The number of allylic oxidation sites excluding steroid dienone is 1. The fourth-order valence-corrected chi connectivity index (χ4v) is 1.43. The van der Waals surface area contributed by atoms with Gasteiger partial charge >= 0.3 is 0 Å². The van der Waals surface area contributed by atoms with Gasteiger partial charge in [-0.2, -0.15) is 0 Å². The quantitative estimate of drug-likeness (QED) is 0.616. The second-order valence-corrected chi connectivity index (χ2v) is 3.20. The van der Waals surface area contributed by atoms with Crippen molar-refractivity contribution in [3.05, 3.63) is 24.3 Å². The molecule has 0 heterocycles. The van der Waals surface area contributed by atoms with Crippen LogP contribution < -0.4 is 5.73 Å². The highest BCUT2D eigenvalue weighted by Gasteiger charge is 2.05. The maximum Gasteiger partial charge on any atom is 0.0256 e. The Morgan fingerprint density at radius 2 is 2.09 bits per heavy atom. The number of hydrogen-bond acceptors (Lipinski definition) is 1. The van der Waals surface area contributed by atoms with E-state index >= 15 is 0 Å². The highest BCUT2D eigenvalue weighted by molar-refractivity contribution is 5.07. The topological polar surface area (TPSA) is 26.0 Å². The van der Waals surface area contributed by atoms with E-state index in [0.717, 1.165) is 6.42 Å². The van der Waals surface area contributed by atoms with E-state index in [2.05, 4.69) is 12.7 Å². The van der Waals surface area contributed by atoms with Gasteiger partial charge in [-0.3, -0.25) is 0 Å². The Bertz CT molecular complexity index is 150. The van der Waals surface area contributed by atoms with Gasteiger partial charge in [0.1, 0.15) is 0 Å². The predicted molar refractivity (Wildman–Crippen MR) is 49.3 cm³/mol. The van der Waals surface area contributed by atoms with Crippen LogP contribution in [0, 0.1) is 0 Å². The van der Waals surface area contributed by atoms with Crippen LogP contribution in [0.4, 0.5) is 0 Å². The van der Waals surface area contributed by atoms with Crippen LogP contribution in [-0.4, -0.2) is 6.04 Å². The van der Waals surface area contributed by atoms with E-state index in [1.807, 2.05) is 6.08 Å². The van der Waals surface area contributed by atoms with Crippen molar-refractivity contribution in [2.75, 3.05) is 0 Å². The van der Waals surface area contributed by atoms with Gasteiger partial charge in [0.2, 0.25) is 0 Å². The van der Waals surface area contributed by atoms with Crippen molar-refractivity contribution in [2.24, 2.45) is 5.73 Å². The van der Waals surface area contributed by atoms with Gasteiger partial charge < -0.3 is 5.73 Å². The smallest absolute Gasteiger partial charge is 0.0256 e. The Morgan fingerprint density at radius 3 is 2.64 bits per heavy atom. The molecule has 0 aromatic carbocycles. The first-order valence-electron chi connectivity index (χ1n) is 4.39. The van der Waals surface area contributed by atoms with Crippen LogP contribution in [-0.2, 0) is 0 Å². The monoisotopic (exact) mass is 151 g/mol. The molecule has 1 saturated carbocycles. The van der Waals surface area contributed by atoms with E-state index < -0.39 is 0 Å². The lowest BCUT2D eigenvalue weighted by Gasteiger charge is -2.01. The predicted octanol–water partition coefficient (Wildman–Crippen LogP) is 2.39. The highest BCUT2D eigenvalue weighted by atomic mass is 14.6. The van der Waals surface area contributed by atoms with Gasteiger partial charge in [0, 0.05) is 6.04 Å². The molecular weight excluding hydrogens is 134 g/mol. The van der Waals surface area contributed by atoms with E-state index in [1.165, 1.54) is 25.7 Å². The van der Waals surface area contributed by atoms with Crippen molar-refractivity contribution in [1.82, 2.24) is 0 Å². The summed E-state index contributed by atoms with van der Waals surface area (Å²) in [6.45, 7) is 3.65. The van der Waals surface area contributed by atoms with Crippen LogP contribution in [0.3, 0.4) is 0 Å². The van der Waals surface area contributed by atoms with Crippen LogP contribution in [0.5, 0.6) is 0 Å². The molecule has 1 nitrogen and oxygen atoms in total. The summed E-state index contributed by atoms with van der Waals surface area (Å²) >= 11 is 0. The average Bonchev–Trinajstić information content (AvgIpc) is 2.52. The van der Waals surface area contributed by atoms with Crippen LogP contribution in [0.25, 0.3) is 0 Å². The van der Waals surface area contributed by atoms with Crippen molar-refractivity contribution >= 4 is 0 Å². The molecule has 0 saturated heterocycles. The first-order valence-corrected chi connectivity index (χ1v) is 4.39. The fraction of sp³-hybridized carbons (Fsp3) is 0.600. The van der Waals surface area contributed by atoms with Gasteiger partial charge in [0.25, 0.3) is 0 Å². The minimum atomic E-state index is 0.156. The lowest BCUT2D eigenvalue weighted by atomic mass is 10.1. The minimum absolute atomic E-state index is 0.156. The van der Waals surface area contributed by atoms with Crippen LogP contribution in [0.15, 0.2) is 24.3 Å². The van der Waals surface area contributed by atoms with Crippen molar-refractivity contribution in [2.45, 2.75) is 38.1 Å². The Balaban J connectivity index is 2.27. The molecule has 1 heteroatoms. The van der Waals surface area contributed by atoms with Crippen molar-refractivity contribution in [1.29, 1.82) is 0 Å². The van der Waals surface area contributed by atoms with Gasteiger partial charge in [0.05, 0.1) is 0 Å². The molecule has 0 aromatic rings. The Hall–Kier alpha value is -0.560. The summed E-state index contributed by atoms with van der Waals surface area (Å²) in [5.74, 6) is 0. The molecular formula is C10H17N. The molecule has 0 aromatic heterocycles. The van der Waals surface area contributed by atoms with Gasteiger partial charge in [0.15, 0.2) is 0 Å². The van der Waals surface area contributed by atoms with Crippen LogP contribution in [0.2, 0.25) is 0 Å². The first-order chi connectivity index (χ1) is 5.33. The zero-order valence-electron chi connectivity index (χ0n) is 7.05. The molecule has 0 amide bonds. The molecule has 1 rings (SSSR count). The third-order valence-corrected chi connectivity index (χ3v) is 2.23. The highest BCUT2D eigenvalue weighted by Crippen LogP contribution is 2.23. The summed E-state index contributed by atoms with van der Waals surface area (Å²) < 4.78 is 0. The molecule has 0 aliphatic heterocycles. The molecule has 0 bridgehead atoms.